The van der Waals surface area contributed by atoms with Crippen molar-refractivity contribution in [1.29, 1.82) is 5.41 Å². The summed E-state index contributed by atoms with van der Waals surface area (Å²) in [5, 5.41) is 7.69. The highest BCUT2D eigenvalue weighted by atomic mass is 14.4. The zero-order chi connectivity index (χ0) is 8.97. The van der Waals surface area contributed by atoms with Crippen LogP contribution in [0.4, 0.5) is 0 Å². The molecule has 1 heteroatoms. The third kappa shape index (κ3) is 2.65. The Hall–Kier alpha value is -0.850. The van der Waals surface area contributed by atoms with Gasteiger partial charge in [0, 0.05) is 5.71 Å². The smallest absolute Gasteiger partial charge is 0.0345 e. The molecule has 1 aliphatic rings. The van der Waals surface area contributed by atoms with Gasteiger partial charge in [-0.2, -0.15) is 0 Å². The summed E-state index contributed by atoms with van der Waals surface area (Å²) >= 11 is 0. The second kappa shape index (κ2) is 4.24. The van der Waals surface area contributed by atoms with Gasteiger partial charge >= 0.3 is 0 Å². The van der Waals surface area contributed by atoms with Crippen molar-refractivity contribution < 1.29 is 0 Å². The van der Waals surface area contributed by atoms with Crippen LogP contribution in [0, 0.1) is 5.41 Å². The number of hydrogen-bond acceptors (Lipinski definition) is 1. The second-order valence-electron chi connectivity index (χ2n) is 3.62. The van der Waals surface area contributed by atoms with Gasteiger partial charge < -0.3 is 5.41 Å². The van der Waals surface area contributed by atoms with Gasteiger partial charge in [-0.15, -0.1) is 0 Å². The van der Waals surface area contributed by atoms with Gasteiger partial charge in [0.25, 0.3) is 0 Å². The predicted molar refractivity (Wildman–Crippen MR) is 53.7 cm³/mol. The Morgan fingerprint density at radius 2 is 1.92 bits per heavy atom. The molecule has 66 valence electrons. The van der Waals surface area contributed by atoms with Crippen molar-refractivity contribution >= 4 is 5.71 Å². The molecular formula is C11H17N. The Labute approximate surface area is 74.7 Å². The molecule has 0 aromatic rings. The van der Waals surface area contributed by atoms with E-state index in [4.69, 9.17) is 5.41 Å². The van der Waals surface area contributed by atoms with Crippen molar-refractivity contribution in [2.75, 3.05) is 0 Å². The maximum absolute atomic E-state index is 7.69. The highest BCUT2D eigenvalue weighted by molar-refractivity contribution is 5.98. The molecule has 0 radical (unpaired) electrons. The Morgan fingerprint density at radius 1 is 1.25 bits per heavy atom. The fourth-order valence-corrected chi connectivity index (χ4v) is 1.38. The molecule has 0 aromatic heterocycles. The molecule has 1 saturated carbocycles. The number of allylic oxidation sites excluding steroid dienone is 4. The normalized spacial score (nSPS) is 21.2. The molecule has 0 amide bonds. The summed E-state index contributed by atoms with van der Waals surface area (Å²) in [5.74, 6) is 0. The lowest BCUT2D eigenvalue weighted by molar-refractivity contribution is 0.730. The molecule has 0 aliphatic heterocycles. The molecule has 12 heavy (non-hydrogen) atoms. The minimum absolute atomic E-state index is 0.846. The molecule has 1 fully saturated rings. The quantitative estimate of drug-likeness (QED) is 0.612. The predicted octanol–water partition coefficient (Wildman–Crippen LogP) is 3.47. The van der Waals surface area contributed by atoms with E-state index in [1.165, 1.54) is 24.0 Å². The number of nitrogens with one attached hydrogen (secondary N) is 1. The molecule has 0 atom stereocenters. The van der Waals surface area contributed by atoms with Crippen molar-refractivity contribution in [2.45, 2.75) is 39.5 Å². The molecule has 1 nitrogen and oxygen atoms in total. The molecular weight excluding hydrogens is 146 g/mol. The van der Waals surface area contributed by atoms with Crippen LogP contribution in [0.1, 0.15) is 39.5 Å². The monoisotopic (exact) mass is 163 g/mol. The largest absolute Gasteiger partial charge is 0.305 e. The van der Waals surface area contributed by atoms with Crippen LogP contribution >= 0.6 is 0 Å². The summed E-state index contributed by atoms with van der Waals surface area (Å²) in [7, 11) is 0. The average Bonchev–Trinajstić information content (AvgIpc) is 2.03. The van der Waals surface area contributed by atoms with E-state index in [0.717, 1.165) is 18.6 Å². The van der Waals surface area contributed by atoms with Gasteiger partial charge in [0.1, 0.15) is 0 Å². The van der Waals surface area contributed by atoms with Crippen molar-refractivity contribution in [2.24, 2.45) is 0 Å². The van der Waals surface area contributed by atoms with Crippen LogP contribution in [-0.4, -0.2) is 5.71 Å². The van der Waals surface area contributed by atoms with E-state index in [0.29, 0.717) is 0 Å². The number of rotatable bonds is 1. The molecule has 1 aliphatic carbocycles. The van der Waals surface area contributed by atoms with E-state index in [9.17, 15) is 0 Å². The van der Waals surface area contributed by atoms with E-state index in [-0.39, 0.29) is 0 Å². The lowest BCUT2D eigenvalue weighted by atomic mass is 9.92. The van der Waals surface area contributed by atoms with Gasteiger partial charge in [0.2, 0.25) is 0 Å². The van der Waals surface area contributed by atoms with Gasteiger partial charge in [-0.1, -0.05) is 17.7 Å². The van der Waals surface area contributed by atoms with E-state index in [1.807, 2.05) is 0 Å². The van der Waals surface area contributed by atoms with Crippen LogP contribution in [0.2, 0.25) is 0 Å². The summed E-state index contributed by atoms with van der Waals surface area (Å²) in [6, 6.07) is 0. The van der Waals surface area contributed by atoms with Gasteiger partial charge in [-0.25, -0.2) is 0 Å². The molecule has 0 bridgehead atoms. The van der Waals surface area contributed by atoms with E-state index in [1.54, 1.807) is 0 Å². The lowest BCUT2D eigenvalue weighted by Gasteiger charge is -2.14. The Bertz CT molecular complexity index is 229. The fraction of sp³-hybridized carbons (Fsp3) is 0.545. The zero-order valence-electron chi connectivity index (χ0n) is 7.98. The molecule has 0 unspecified atom stereocenters. The maximum atomic E-state index is 7.69. The summed E-state index contributed by atoms with van der Waals surface area (Å²) < 4.78 is 0. The van der Waals surface area contributed by atoms with Crippen LogP contribution in [0.3, 0.4) is 0 Å². The highest BCUT2D eigenvalue weighted by Crippen LogP contribution is 2.19. The van der Waals surface area contributed by atoms with Crippen molar-refractivity contribution in [3.8, 4) is 0 Å². The van der Waals surface area contributed by atoms with E-state index < -0.39 is 0 Å². The van der Waals surface area contributed by atoms with Gasteiger partial charge in [0.05, 0.1) is 0 Å². The topological polar surface area (TPSA) is 23.9 Å². The standard InChI is InChI=1S/C11H17N/c1-9(2)7-8-10-5-3-4-6-11(10)12/h7-8,12H,3-6H2,1-2H3/b10-8-,12-11?. The van der Waals surface area contributed by atoms with Crippen LogP contribution in [-0.2, 0) is 0 Å². The van der Waals surface area contributed by atoms with Crippen molar-refractivity contribution in [3.63, 3.8) is 0 Å². The minimum Gasteiger partial charge on any atom is -0.305 e. The van der Waals surface area contributed by atoms with E-state index in [2.05, 4.69) is 26.0 Å². The zero-order valence-corrected chi connectivity index (χ0v) is 7.98. The highest BCUT2D eigenvalue weighted by Gasteiger charge is 2.09. The van der Waals surface area contributed by atoms with Crippen LogP contribution < -0.4 is 0 Å². The molecule has 0 heterocycles. The average molecular weight is 163 g/mol. The molecule has 0 spiro atoms. The Balaban J connectivity index is 2.65. The molecule has 1 rings (SSSR count). The third-order valence-corrected chi connectivity index (χ3v) is 2.13. The first kappa shape index (κ1) is 9.24. The third-order valence-electron chi connectivity index (χ3n) is 2.13. The Kier molecular flexibility index (Phi) is 3.27. The first-order valence-electron chi connectivity index (χ1n) is 4.62. The van der Waals surface area contributed by atoms with Crippen molar-refractivity contribution in [1.82, 2.24) is 0 Å². The van der Waals surface area contributed by atoms with Gasteiger partial charge in [-0.05, 0) is 45.1 Å². The Morgan fingerprint density at radius 3 is 2.50 bits per heavy atom. The fourth-order valence-electron chi connectivity index (χ4n) is 1.38. The summed E-state index contributed by atoms with van der Waals surface area (Å²) in [5.41, 5.74) is 3.39. The van der Waals surface area contributed by atoms with Crippen LogP contribution in [0.5, 0.6) is 0 Å². The summed E-state index contributed by atoms with van der Waals surface area (Å²) in [6.45, 7) is 4.17. The minimum atomic E-state index is 0.846. The van der Waals surface area contributed by atoms with Crippen molar-refractivity contribution in [3.05, 3.63) is 23.3 Å². The second-order valence-corrected chi connectivity index (χ2v) is 3.62. The van der Waals surface area contributed by atoms with E-state index >= 15 is 0 Å². The lowest BCUT2D eigenvalue weighted by Crippen LogP contribution is -2.06. The van der Waals surface area contributed by atoms with Gasteiger partial charge in [-0.3, -0.25) is 0 Å². The first-order valence-corrected chi connectivity index (χ1v) is 4.62. The number of hydrogen-bond donors (Lipinski definition) is 1. The molecule has 0 aromatic carbocycles. The van der Waals surface area contributed by atoms with Crippen LogP contribution in [0.15, 0.2) is 23.3 Å². The SMILES string of the molecule is CC(C)=C/C=C1/CCCCC1=N. The maximum Gasteiger partial charge on any atom is 0.0345 e. The summed E-state index contributed by atoms with van der Waals surface area (Å²) in [4.78, 5) is 0. The summed E-state index contributed by atoms with van der Waals surface area (Å²) in [6.07, 6.45) is 8.74. The molecule has 1 N–H and O–H groups in total. The first-order chi connectivity index (χ1) is 5.70. The van der Waals surface area contributed by atoms with Crippen LogP contribution in [0.25, 0.3) is 0 Å². The molecule has 0 saturated heterocycles. The van der Waals surface area contributed by atoms with Gasteiger partial charge in [0.15, 0.2) is 0 Å².